The molecule has 0 atom stereocenters. The van der Waals surface area contributed by atoms with Crippen LogP contribution < -0.4 is 0 Å². The summed E-state index contributed by atoms with van der Waals surface area (Å²) in [5.41, 5.74) is -0.119. The monoisotopic (exact) mass is 188 g/mol. The van der Waals surface area contributed by atoms with Gasteiger partial charge in [-0.2, -0.15) is 0 Å². The van der Waals surface area contributed by atoms with E-state index >= 15 is 0 Å². The van der Waals surface area contributed by atoms with E-state index in [0.29, 0.717) is 12.1 Å². The van der Waals surface area contributed by atoms with Gasteiger partial charge in [-0.05, 0) is 18.6 Å². The van der Waals surface area contributed by atoms with Gasteiger partial charge in [0.15, 0.2) is 11.6 Å². The largest absolute Gasteiger partial charge is 0.300 e. The molecule has 0 saturated carbocycles. The Morgan fingerprint density at radius 2 is 1.69 bits per heavy atom. The van der Waals surface area contributed by atoms with Crippen molar-refractivity contribution in [1.82, 2.24) is 0 Å². The van der Waals surface area contributed by atoms with Gasteiger partial charge in [0.2, 0.25) is 0 Å². The van der Waals surface area contributed by atoms with E-state index in [2.05, 4.69) is 0 Å². The van der Waals surface area contributed by atoms with Crippen molar-refractivity contribution >= 4 is 5.78 Å². The predicted molar refractivity (Wildman–Crippen MR) is 40.7 cm³/mol. The van der Waals surface area contributed by atoms with Crippen molar-refractivity contribution in [1.29, 1.82) is 0 Å². The first-order valence-electron chi connectivity index (χ1n) is 3.63. The fraction of sp³-hybridized carbons (Fsp3) is 0.222. The summed E-state index contributed by atoms with van der Waals surface area (Å²) >= 11 is 0. The zero-order chi connectivity index (χ0) is 10.0. The molecule has 0 unspecified atom stereocenters. The smallest absolute Gasteiger partial charge is 0.161 e. The molecule has 0 heterocycles. The lowest BCUT2D eigenvalue weighted by Crippen LogP contribution is -2.01. The molecule has 70 valence electrons. The normalized spacial score (nSPS) is 10.2. The van der Waals surface area contributed by atoms with Crippen LogP contribution in [-0.4, -0.2) is 5.78 Å². The van der Waals surface area contributed by atoms with Crippen LogP contribution in [0.15, 0.2) is 12.1 Å². The predicted octanol–water partition coefficient (Wildman–Crippen LogP) is 2.24. The van der Waals surface area contributed by atoms with Crippen molar-refractivity contribution in [3.63, 3.8) is 0 Å². The van der Waals surface area contributed by atoms with Crippen molar-refractivity contribution in [2.45, 2.75) is 13.3 Å². The lowest BCUT2D eigenvalue weighted by atomic mass is 10.1. The van der Waals surface area contributed by atoms with Gasteiger partial charge in [0.1, 0.15) is 11.6 Å². The van der Waals surface area contributed by atoms with E-state index in [1.165, 1.54) is 6.92 Å². The maximum atomic E-state index is 12.8. The molecule has 0 radical (unpaired) electrons. The van der Waals surface area contributed by atoms with Crippen molar-refractivity contribution in [3.8, 4) is 0 Å². The molecule has 4 heteroatoms. The quantitative estimate of drug-likeness (QED) is 0.650. The van der Waals surface area contributed by atoms with Gasteiger partial charge in [0.05, 0.1) is 0 Å². The lowest BCUT2D eigenvalue weighted by molar-refractivity contribution is -0.116. The third-order valence-electron chi connectivity index (χ3n) is 1.53. The first-order valence-corrected chi connectivity index (χ1v) is 3.63. The second kappa shape index (κ2) is 3.60. The van der Waals surface area contributed by atoms with E-state index in [4.69, 9.17) is 0 Å². The lowest BCUT2D eigenvalue weighted by Gasteiger charge is -2.00. The van der Waals surface area contributed by atoms with Gasteiger partial charge in [-0.15, -0.1) is 0 Å². The Morgan fingerprint density at radius 1 is 1.15 bits per heavy atom. The van der Waals surface area contributed by atoms with Crippen LogP contribution >= 0.6 is 0 Å². The van der Waals surface area contributed by atoms with Gasteiger partial charge < -0.3 is 0 Å². The molecule has 1 nitrogen and oxygen atoms in total. The topological polar surface area (TPSA) is 17.1 Å². The minimum Gasteiger partial charge on any atom is -0.300 e. The van der Waals surface area contributed by atoms with Gasteiger partial charge in [-0.1, -0.05) is 0 Å². The minimum absolute atomic E-state index is 0.119. The number of ketones is 1. The number of hydrogen-bond donors (Lipinski definition) is 0. The first-order chi connectivity index (χ1) is 6.00. The summed E-state index contributed by atoms with van der Waals surface area (Å²) in [6.45, 7) is 1.25. The molecule has 0 aliphatic rings. The summed E-state index contributed by atoms with van der Waals surface area (Å²) in [7, 11) is 0. The van der Waals surface area contributed by atoms with Crippen LogP contribution in [0.2, 0.25) is 0 Å². The Labute approximate surface area is 73.2 Å². The maximum absolute atomic E-state index is 12.8. The van der Waals surface area contributed by atoms with Crippen molar-refractivity contribution < 1.29 is 18.0 Å². The maximum Gasteiger partial charge on any atom is 0.161 e. The van der Waals surface area contributed by atoms with E-state index < -0.39 is 17.5 Å². The van der Waals surface area contributed by atoms with Crippen molar-refractivity contribution in [2.75, 3.05) is 0 Å². The van der Waals surface area contributed by atoms with Gasteiger partial charge in [-0.25, -0.2) is 13.2 Å². The Balaban J connectivity index is 3.08. The van der Waals surface area contributed by atoms with E-state index in [1.807, 2.05) is 0 Å². The Hall–Kier alpha value is -1.32. The molecule has 0 aliphatic carbocycles. The molecule has 0 spiro atoms. The molecule has 0 fully saturated rings. The summed E-state index contributed by atoms with van der Waals surface area (Å²) in [6.07, 6.45) is -0.219. The van der Waals surface area contributed by atoms with Crippen LogP contribution in [0.1, 0.15) is 12.5 Å². The standard InChI is InChI=1S/C9H7F3O/c1-5(13)2-6-3-8(11)9(12)4-7(6)10/h3-4H,2H2,1H3. The molecular formula is C9H7F3O. The number of hydrogen-bond acceptors (Lipinski definition) is 1. The SMILES string of the molecule is CC(=O)Cc1cc(F)c(F)cc1F. The molecule has 0 saturated heterocycles. The average Bonchev–Trinajstić information content (AvgIpc) is 1.99. The van der Waals surface area contributed by atoms with Crippen LogP contribution in [0.5, 0.6) is 0 Å². The summed E-state index contributed by atoms with van der Waals surface area (Å²) in [6, 6.07) is 1.14. The van der Waals surface area contributed by atoms with E-state index in [0.717, 1.165) is 0 Å². The summed E-state index contributed by atoms with van der Waals surface area (Å²) in [5.74, 6) is -3.58. The number of halogens is 3. The Kier molecular flexibility index (Phi) is 2.70. The van der Waals surface area contributed by atoms with Gasteiger partial charge in [-0.3, -0.25) is 4.79 Å². The zero-order valence-corrected chi connectivity index (χ0v) is 6.90. The summed E-state index contributed by atoms with van der Waals surface area (Å²) in [4.78, 5) is 10.6. The molecule has 0 N–H and O–H groups in total. The van der Waals surface area contributed by atoms with Gasteiger partial charge in [0.25, 0.3) is 0 Å². The second-order valence-electron chi connectivity index (χ2n) is 2.74. The van der Waals surface area contributed by atoms with E-state index in [-0.39, 0.29) is 17.8 Å². The Morgan fingerprint density at radius 3 is 2.23 bits per heavy atom. The van der Waals surface area contributed by atoms with Crippen molar-refractivity contribution in [3.05, 3.63) is 35.1 Å². The molecule has 0 aliphatic heterocycles. The third-order valence-corrected chi connectivity index (χ3v) is 1.53. The van der Waals surface area contributed by atoms with Crippen LogP contribution in [-0.2, 0) is 11.2 Å². The van der Waals surface area contributed by atoms with E-state index in [1.54, 1.807) is 0 Å². The van der Waals surface area contributed by atoms with Crippen molar-refractivity contribution in [2.24, 2.45) is 0 Å². The highest BCUT2D eigenvalue weighted by molar-refractivity contribution is 5.78. The molecule has 1 aromatic rings. The molecular weight excluding hydrogens is 181 g/mol. The Bertz CT molecular complexity index is 347. The summed E-state index contributed by atoms with van der Waals surface area (Å²) in [5, 5.41) is 0. The second-order valence-corrected chi connectivity index (χ2v) is 2.74. The number of Topliss-reactive ketones (excluding diaryl/α,β-unsaturated/α-hetero) is 1. The number of carbonyl (C=O) groups is 1. The highest BCUT2D eigenvalue weighted by atomic mass is 19.2. The van der Waals surface area contributed by atoms with Gasteiger partial charge in [0, 0.05) is 12.5 Å². The zero-order valence-electron chi connectivity index (χ0n) is 6.90. The van der Waals surface area contributed by atoms with Crippen LogP contribution in [0.3, 0.4) is 0 Å². The molecule has 0 aromatic heterocycles. The number of benzene rings is 1. The van der Waals surface area contributed by atoms with Crippen LogP contribution in [0, 0.1) is 17.5 Å². The molecule has 1 aromatic carbocycles. The number of carbonyl (C=O) groups excluding carboxylic acids is 1. The van der Waals surface area contributed by atoms with Crippen LogP contribution in [0.25, 0.3) is 0 Å². The van der Waals surface area contributed by atoms with Crippen LogP contribution in [0.4, 0.5) is 13.2 Å². The highest BCUT2D eigenvalue weighted by Gasteiger charge is 2.10. The molecule has 0 amide bonds. The average molecular weight is 188 g/mol. The fourth-order valence-corrected chi connectivity index (χ4v) is 0.967. The molecule has 13 heavy (non-hydrogen) atoms. The van der Waals surface area contributed by atoms with E-state index in [9.17, 15) is 18.0 Å². The number of rotatable bonds is 2. The highest BCUT2D eigenvalue weighted by Crippen LogP contribution is 2.14. The summed E-state index contributed by atoms with van der Waals surface area (Å²) < 4.78 is 37.8. The molecule has 0 bridgehead atoms. The first kappa shape index (κ1) is 9.77. The minimum atomic E-state index is -1.25. The van der Waals surface area contributed by atoms with Gasteiger partial charge >= 0.3 is 0 Å². The fourth-order valence-electron chi connectivity index (χ4n) is 0.967. The third kappa shape index (κ3) is 2.31. The molecule has 1 rings (SSSR count).